The molecule has 1 nitrogen and oxygen atoms in total. The van der Waals surface area contributed by atoms with Crippen LogP contribution in [0, 0.1) is 0 Å². The molecule has 2 heteroatoms. The average molecular weight is 267 g/mol. The first-order chi connectivity index (χ1) is 7.08. The Hall–Kier alpha value is -1.02. The summed E-state index contributed by atoms with van der Waals surface area (Å²) in [6.45, 7) is 3.74. The quantitative estimate of drug-likeness (QED) is 0.786. The highest BCUT2D eigenvalue weighted by Gasteiger charge is 1.91. The van der Waals surface area contributed by atoms with Gasteiger partial charge >= 0.3 is 0 Å². The molecular formula is C13H15BrO. The molecule has 0 saturated heterocycles. The SMILES string of the molecule is C/C(=C/c1ccc(Br)cc1)C/C=C(\C)O. The number of hydrogen-bond donors (Lipinski definition) is 1. The lowest BCUT2D eigenvalue weighted by atomic mass is 10.1. The molecule has 0 atom stereocenters. The second-order valence-electron chi connectivity index (χ2n) is 3.59. The van der Waals surface area contributed by atoms with Crippen LogP contribution in [-0.2, 0) is 0 Å². The van der Waals surface area contributed by atoms with Crippen LogP contribution in [0.4, 0.5) is 0 Å². The number of benzene rings is 1. The van der Waals surface area contributed by atoms with Crippen LogP contribution >= 0.6 is 15.9 Å². The van der Waals surface area contributed by atoms with E-state index in [0.717, 1.165) is 10.9 Å². The first-order valence-electron chi connectivity index (χ1n) is 4.86. The minimum Gasteiger partial charge on any atom is -0.513 e. The van der Waals surface area contributed by atoms with Gasteiger partial charge in [-0.25, -0.2) is 0 Å². The van der Waals surface area contributed by atoms with E-state index in [9.17, 15) is 0 Å². The summed E-state index contributed by atoms with van der Waals surface area (Å²) in [4.78, 5) is 0. The number of rotatable bonds is 3. The Kier molecular flexibility index (Phi) is 4.63. The number of halogens is 1. The lowest BCUT2D eigenvalue weighted by Crippen LogP contribution is -1.78. The average Bonchev–Trinajstić information content (AvgIpc) is 2.19. The number of aliphatic hydroxyl groups excluding tert-OH is 1. The molecule has 1 rings (SSSR count). The topological polar surface area (TPSA) is 20.2 Å². The van der Waals surface area contributed by atoms with E-state index in [2.05, 4.69) is 41.1 Å². The standard InChI is InChI=1S/C13H15BrO/c1-10(3-4-11(2)15)9-12-5-7-13(14)8-6-12/h4-9,15H,3H2,1-2H3/b10-9-,11-4+. The maximum absolute atomic E-state index is 9.03. The summed E-state index contributed by atoms with van der Waals surface area (Å²) in [5.74, 6) is 0.374. The fourth-order valence-electron chi connectivity index (χ4n) is 1.21. The van der Waals surface area contributed by atoms with E-state index in [1.165, 1.54) is 11.1 Å². The van der Waals surface area contributed by atoms with Gasteiger partial charge in [-0.15, -0.1) is 0 Å². The largest absolute Gasteiger partial charge is 0.513 e. The highest BCUT2D eigenvalue weighted by Crippen LogP contribution is 2.14. The van der Waals surface area contributed by atoms with Crippen LogP contribution in [0.25, 0.3) is 6.08 Å². The van der Waals surface area contributed by atoms with Crippen molar-refractivity contribution in [2.24, 2.45) is 0 Å². The Labute approximate surface area is 99.3 Å². The Balaban J connectivity index is 2.70. The van der Waals surface area contributed by atoms with Gasteiger partial charge in [-0.1, -0.05) is 39.7 Å². The van der Waals surface area contributed by atoms with Gasteiger partial charge in [-0.2, -0.15) is 0 Å². The molecule has 1 aromatic rings. The van der Waals surface area contributed by atoms with Crippen molar-refractivity contribution in [2.75, 3.05) is 0 Å². The first-order valence-corrected chi connectivity index (χ1v) is 5.65. The van der Waals surface area contributed by atoms with Gasteiger partial charge in [0.05, 0.1) is 5.76 Å². The molecule has 0 saturated carbocycles. The van der Waals surface area contributed by atoms with Crippen molar-refractivity contribution in [3.63, 3.8) is 0 Å². The normalized spacial score (nSPS) is 13.0. The molecule has 0 aromatic heterocycles. The molecule has 0 radical (unpaired) electrons. The number of allylic oxidation sites excluding steroid dienone is 3. The minimum absolute atomic E-state index is 0.374. The predicted molar refractivity (Wildman–Crippen MR) is 68.8 cm³/mol. The fourth-order valence-corrected chi connectivity index (χ4v) is 1.48. The Morgan fingerprint density at radius 1 is 1.27 bits per heavy atom. The Morgan fingerprint density at radius 3 is 2.40 bits per heavy atom. The molecule has 0 aliphatic carbocycles. The van der Waals surface area contributed by atoms with E-state index in [4.69, 9.17) is 5.11 Å². The summed E-state index contributed by atoms with van der Waals surface area (Å²) in [6.07, 6.45) is 4.72. The summed E-state index contributed by atoms with van der Waals surface area (Å²) in [5.41, 5.74) is 2.41. The lowest BCUT2D eigenvalue weighted by Gasteiger charge is -1.98. The molecule has 1 aromatic carbocycles. The van der Waals surface area contributed by atoms with Crippen molar-refractivity contribution in [2.45, 2.75) is 20.3 Å². The highest BCUT2D eigenvalue weighted by atomic mass is 79.9. The Bertz CT molecular complexity index is 370. The highest BCUT2D eigenvalue weighted by molar-refractivity contribution is 9.10. The molecule has 15 heavy (non-hydrogen) atoms. The molecule has 0 aliphatic heterocycles. The van der Waals surface area contributed by atoms with Gasteiger partial charge in [-0.05, 0) is 44.0 Å². The van der Waals surface area contributed by atoms with Gasteiger partial charge in [0.15, 0.2) is 0 Å². The third kappa shape index (κ3) is 4.84. The maximum atomic E-state index is 9.03. The summed E-state index contributed by atoms with van der Waals surface area (Å²) in [5, 5.41) is 9.03. The predicted octanol–water partition coefficient (Wildman–Crippen LogP) is 4.70. The van der Waals surface area contributed by atoms with Gasteiger partial charge in [0, 0.05) is 4.47 Å². The molecule has 0 fully saturated rings. The molecule has 80 valence electrons. The summed E-state index contributed by atoms with van der Waals surface area (Å²) < 4.78 is 1.09. The number of hydrogen-bond acceptors (Lipinski definition) is 1. The van der Waals surface area contributed by atoms with Gasteiger partial charge in [0.25, 0.3) is 0 Å². The number of aliphatic hydroxyl groups is 1. The lowest BCUT2D eigenvalue weighted by molar-refractivity contribution is 0.412. The van der Waals surface area contributed by atoms with Gasteiger partial charge < -0.3 is 5.11 Å². The monoisotopic (exact) mass is 266 g/mol. The second kappa shape index (κ2) is 5.76. The van der Waals surface area contributed by atoms with Crippen LogP contribution in [0.3, 0.4) is 0 Å². The zero-order valence-electron chi connectivity index (χ0n) is 9.00. The first kappa shape index (κ1) is 12.1. The molecule has 0 bridgehead atoms. The van der Waals surface area contributed by atoms with Crippen molar-refractivity contribution in [3.05, 3.63) is 51.7 Å². The van der Waals surface area contributed by atoms with E-state index in [1.807, 2.05) is 18.2 Å². The minimum atomic E-state index is 0.374. The van der Waals surface area contributed by atoms with Gasteiger partial charge in [0.2, 0.25) is 0 Å². The van der Waals surface area contributed by atoms with Crippen molar-refractivity contribution < 1.29 is 5.11 Å². The van der Waals surface area contributed by atoms with Crippen LogP contribution in [0.5, 0.6) is 0 Å². The van der Waals surface area contributed by atoms with Crippen molar-refractivity contribution in [3.8, 4) is 0 Å². The van der Waals surface area contributed by atoms with Crippen LogP contribution < -0.4 is 0 Å². The fraction of sp³-hybridized carbons (Fsp3) is 0.231. The molecule has 0 spiro atoms. The van der Waals surface area contributed by atoms with Gasteiger partial charge in [-0.3, -0.25) is 0 Å². The van der Waals surface area contributed by atoms with E-state index < -0.39 is 0 Å². The molecule has 1 N–H and O–H groups in total. The van der Waals surface area contributed by atoms with E-state index in [-0.39, 0.29) is 0 Å². The van der Waals surface area contributed by atoms with Crippen LogP contribution in [0.15, 0.2) is 46.1 Å². The van der Waals surface area contributed by atoms with E-state index >= 15 is 0 Å². The van der Waals surface area contributed by atoms with Crippen LogP contribution in [0.2, 0.25) is 0 Å². The van der Waals surface area contributed by atoms with Gasteiger partial charge in [0.1, 0.15) is 0 Å². The van der Waals surface area contributed by atoms with E-state index in [0.29, 0.717) is 5.76 Å². The van der Waals surface area contributed by atoms with Crippen molar-refractivity contribution >= 4 is 22.0 Å². The maximum Gasteiger partial charge on any atom is 0.0855 e. The molecular weight excluding hydrogens is 252 g/mol. The summed E-state index contributed by atoms with van der Waals surface area (Å²) in [7, 11) is 0. The molecule has 0 aliphatic rings. The van der Waals surface area contributed by atoms with Crippen molar-refractivity contribution in [1.29, 1.82) is 0 Å². The smallest absolute Gasteiger partial charge is 0.0855 e. The second-order valence-corrected chi connectivity index (χ2v) is 4.51. The van der Waals surface area contributed by atoms with Crippen molar-refractivity contribution in [1.82, 2.24) is 0 Å². The molecule has 0 amide bonds. The zero-order valence-corrected chi connectivity index (χ0v) is 10.6. The van der Waals surface area contributed by atoms with Crippen LogP contribution in [-0.4, -0.2) is 5.11 Å². The van der Waals surface area contributed by atoms with Crippen LogP contribution in [0.1, 0.15) is 25.8 Å². The summed E-state index contributed by atoms with van der Waals surface area (Å²) >= 11 is 3.40. The molecule has 0 unspecified atom stereocenters. The zero-order chi connectivity index (χ0) is 11.3. The van der Waals surface area contributed by atoms with E-state index in [1.54, 1.807) is 6.92 Å². The third-order valence-corrected chi connectivity index (χ3v) is 2.53. The summed E-state index contributed by atoms with van der Waals surface area (Å²) in [6, 6.07) is 8.16. The Morgan fingerprint density at radius 2 is 1.87 bits per heavy atom. The third-order valence-electron chi connectivity index (χ3n) is 2.00. The molecule has 0 heterocycles.